The Hall–Kier alpha value is -2.69. The van der Waals surface area contributed by atoms with Gasteiger partial charge in [0, 0.05) is 0 Å². The molecule has 4 aromatic rings. The molecule has 0 aliphatic heterocycles. The van der Waals surface area contributed by atoms with Crippen molar-refractivity contribution >= 4 is 28.5 Å². The lowest BCUT2D eigenvalue weighted by Gasteiger charge is -2.36. The molecule has 0 aromatic heterocycles. The van der Waals surface area contributed by atoms with Crippen LogP contribution in [0, 0.1) is 13.8 Å². The van der Waals surface area contributed by atoms with Crippen LogP contribution < -0.4 is 21.2 Å². The van der Waals surface area contributed by atoms with Crippen LogP contribution in [0.3, 0.4) is 0 Å². The Morgan fingerprint density at radius 1 is 0.486 bits per heavy atom. The summed E-state index contributed by atoms with van der Waals surface area (Å²) in [5, 5.41) is 5.70. The minimum absolute atomic E-state index is 0.0372. The largest absolute Gasteiger partial charge is 0.144 e. The highest BCUT2D eigenvalue weighted by molar-refractivity contribution is 8.01. The molecular weight excluding hydrogens is 439 g/mol. The third-order valence-corrected chi connectivity index (χ3v) is 11.6. The van der Waals surface area contributed by atoms with Crippen LogP contribution >= 0.6 is 7.26 Å². The van der Waals surface area contributed by atoms with Crippen molar-refractivity contribution in [2.75, 3.05) is 0 Å². The second kappa shape index (κ2) is 9.40. The normalized spacial score (nSPS) is 12.6. The molecule has 0 saturated heterocycles. The van der Waals surface area contributed by atoms with Gasteiger partial charge in [-0.2, -0.15) is 0 Å². The highest BCUT2D eigenvalue weighted by atomic mass is 31.2. The minimum atomic E-state index is -2.14. The molecule has 0 radical (unpaired) electrons. The molecule has 0 spiro atoms. The predicted molar refractivity (Wildman–Crippen MR) is 158 cm³/mol. The molecule has 0 heterocycles. The van der Waals surface area contributed by atoms with Gasteiger partial charge in [-0.3, -0.25) is 0 Å². The van der Waals surface area contributed by atoms with Gasteiger partial charge in [0.05, 0.1) is 0 Å². The van der Waals surface area contributed by atoms with Crippen LogP contribution in [0.4, 0.5) is 0 Å². The van der Waals surface area contributed by atoms with Crippen LogP contribution in [0.15, 0.2) is 97.1 Å². The van der Waals surface area contributed by atoms with Gasteiger partial charge < -0.3 is 0 Å². The van der Waals surface area contributed by atoms with E-state index in [9.17, 15) is 0 Å². The highest BCUT2D eigenvalue weighted by Gasteiger charge is 2.50. The third kappa shape index (κ3) is 4.50. The Labute approximate surface area is 213 Å². The van der Waals surface area contributed by atoms with Gasteiger partial charge in [0.2, 0.25) is 0 Å². The van der Waals surface area contributed by atoms with Crippen molar-refractivity contribution in [3.05, 3.63) is 119 Å². The van der Waals surface area contributed by atoms with E-state index in [1.807, 2.05) is 0 Å². The second-order valence-electron chi connectivity index (χ2n) is 11.7. The topological polar surface area (TPSA) is 0 Å². The lowest BCUT2D eigenvalue weighted by molar-refractivity contribution is 0.527. The van der Waals surface area contributed by atoms with Gasteiger partial charge in [-0.1, -0.05) is 96.1 Å². The van der Waals surface area contributed by atoms with Gasteiger partial charge in [-0.05, 0) is 89.4 Å². The fourth-order valence-corrected chi connectivity index (χ4v) is 10.2. The molecule has 1 heteroatoms. The standard InChI is InChI=1S/C34H40P/c1-25-26(2)32(34(6,7)8)30(33(3,4)5)24-31(25)35(27-18-12-9-13-19-27,28-20-14-10-15-21-28)29-22-16-11-17-23-29/h9-24H,1-8H3/q+1. The number of hydrogen-bond acceptors (Lipinski definition) is 0. The summed E-state index contributed by atoms with van der Waals surface area (Å²) in [5.41, 5.74) is 5.94. The lowest BCUT2D eigenvalue weighted by atomic mass is 9.72. The van der Waals surface area contributed by atoms with Crippen molar-refractivity contribution in [3.8, 4) is 0 Å². The molecular formula is C34H40P+. The molecule has 0 aliphatic rings. The van der Waals surface area contributed by atoms with Crippen LogP contribution in [-0.4, -0.2) is 0 Å². The highest BCUT2D eigenvalue weighted by Crippen LogP contribution is 2.56. The van der Waals surface area contributed by atoms with E-state index in [2.05, 4.69) is 152 Å². The smallest absolute Gasteiger partial charge is 0.0620 e. The number of rotatable bonds is 4. The minimum Gasteiger partial charge on any atom is -0.0620 e. The van der Waals surface area contributed by atoms with Gasteiger partial charge in [0.1, 0.15) is 28.5 Å². The van der Waals surface area contributed by atoms with E-state index in [1.54, 1.807) is 0 Å². The summed E-state index contributed by atoms with van der Waals surface area (Å²) in [4.78, 5) is 0. The Bertz CT molecular complexity index is 1190. The maximum absolute atomic E-state index is 2.59. The van der Waals surface area contributed by atoms with Crippen LogP contribution in [-0.2, 0) is 10.8 Å². The molecule has 0 fully saturated rings. The van der Waals surface area contributed by atoms with E-state index in [0.717, 1.165) is 0 Å². The fourth-order valence-electron chi connectivity index (χ4n) is 5.62. The maximum atomic E-state index is 2.59. The Kier molecular flexibility index (Phi) is 6.82. The predicted octanol–water partition coefficient (Wildman–Crippen LogP) is 7.52. The third-order valence-electron chi connectivity index (χ3n) is 7.22. The Morgan fingerprint density at radius 2 is 0.857 bits per heavy atom. The van der Waals surface area contributed by atoms with Gasteiger partial charge in [0.15, 0.2) is 0 Å². The van der Waals surface area contributed by atoms with Crippen molar-refractivity contribution in [2.45, 2.75) is 66.2 Å². The molecule has 0 N–H and O–H groups in total. The summed E-state index contributed by atoms with van der Waals surface area (Å²) < 4.78 is 0. The zero-order chi connectivity index (χ0) is 25.4. The first kappa shape index (κ1) is 25.4. The molecule has 4 rings (SSSR count). The summed E-state index contributed by atoms with van der Waals surface area (Å²) in [7, 11) is -2.14. The molecule has 0 unspecified atom stereocenters. The Balaban J connectivity index is 2.26. The summed E-state index contributed by atoms with van der Waals surface area (Å²) in [6.07, 6.45) is 0. The first-order chi connectivity index (χ1) is 16.5. The second-order valence-corrected chi connectivity index (χ2v) is 15.1. The van der Waals surface area contributed by atoms with E-state index in [0.29, 0.717) is 0 Å². The van der Waals surface area contributed by atoms with Gasteiger partial charge >= 0.3 is 0 Å². The van der Waals surface area contributed by atoms with Gasteiger partial charge in [0.25, 0.3) is 0 Å². The van der Waals surface area contributed by atoms with Crippen molar-refractivity contribution in [2.24, 2.45) is 0 Å². The Morgan fingerprint density at radius 3 is 1.17 bits per heavy atom. The van der Waals surface area contributed by atoms with Crippen molar-refractivity contribution < 1.29 is 0 Å². The molecule has 0 saturated carbocycles. The van der Waals surface area contributed by atoms with Crippen LogP contribution in [0.25, 0.3) is 0 Å². The SMILES string of the molecule is Cc1c([P+](c2ccccc2)(c2ccccc2)c2ccccc2)cc(C(C)(C)C)c(C(C)(C)C)c1C. The van der Waals surface area contributed by atoms with Crippen LogP contribution in [0.2, 0.25) is 0 Å². The summed E-state index contributed by atoms with van der Waals surface area (Å²) in [6, 6.07) is 36.3. The quantitative estimate of drug-likeness (QED) is 0.266. The molecule has 0 aliphatic carbocycles. The zero-order valence-corrected chi connectivity index (χ0v) is 23.6. The number of benzene rings is 4. The lowest BCUT2D eigenvalue weighted by Crippen LogP contribution is -2.41. The monoisotopic (exact) mass is 479 g/mol. The van der Waals surface area contributed by atoms with Gasteiger partial charge in [-0.15, -0.1) is 0 Å². The average molecular weight is 480 g/mol. The van der Waals surface area contributed by atoms with E-state index >= 15 is 0 Å². The van der Waals surface area contributed by atoms with Gasteiger partial charge in [-0.25, -0.2) is 0 Å². The zero-order valence-electron chi connectivity index (χ0n) is 22.7. The van der Waals surface area contributed by atoms with Crippen molar-refractivity contribution in [3.63, 3.8) is 0 Å². The molecule has 0 atom stereocenters. The number of hydrogen-bond donors (Lipinski definition) is 0. The van der Waals surface area contributed by atoms with E-state index in [-0.39, 0.29) is 10.8 Å². The summed E-state index contributed by atoms with van der Waals surface area (Å²) >= 11 is 0. The van der Waals surface area contributed by atoms with E-state index in [4.69, 9.17) is 0 Å². The summed E-state index contributed by atoms with van der Waals surface area (Å²) in [6.45, 7) is 18.9. The summed E-state index contributed by atoms with van der Waals surface area (Å²) in [5.74, 6) is 0. The van der Waals surface area contributed by atoms with Crippen molar-refractivity contribution in [1.82, 2.24) is 0 Å². The maximum Gasteiger partial charge on any atom is 0.144 e. The van der Waals surface area contributed by atoms with E-state index in [1.165, 1.54) is 43.5 Å². The molecule has 35 heavy (non-hydrogen) atoms. The first-order valence-electron chi connectivity index (χ1n) is 12.7. The van der Waals surface area contributed by atoms with E-state index < -0.39 is 7.26 Å². The molecule has 180 valence electrons. The van der Waals surface area contributed by atoms with Crippen LogP contribution in [0.5, 0.6) is 0 Å². The fraction of sp³-hybridized carbons (Fsp3) is 0.294. The molecule has 4 aromatic carbocycles. The molecule has 0 bridgehead atoms. The van der Waals surface area contributed by atoms with Crippen LogP contribution in [0.1, 0.15) is 63.8 Å². The first-order valence-corrected chi connectivity index (χ1v) is 14.5. The van der Waals surface area contributed by atoms with Crippen molar-refractivity contribution in [1.29, 1.82) is 0 Å². The molecule has 0 amide bonds. The molecule has 0 nitrogen and oxygen atoms in total. The average Bonchev–Trinajstić information content (AvgIpc) is 2.82.